The molecule has 144 valence electrons. The van der Waals surface area contributed by atoms with E-state index in [-0.39, 0.29) is 19.6 Å². The largest absolute Gasteiger partial charge is 0.493 e. The van der Waals surface area contributed by atoms with Crippen LogP contribution in [0.1, 0.15) is 11.1 Å². The first-order valence-electron chi connectivity index (χ1n) is 8.00. The maximum absolute atomic E-state index is 11.9. The van der Waals surface area contributed by atoms with Crippen molar-refractivity contribution in [2.24, 2.45) is 0 Å². The van der Waals surface area contributed by atoms with Gasteiger partial charge in [-0.2, -0.15) is 0 Å². The number of rotatable bonds is 8. The van der Waals surface area contributed by atoms with Crippen molar-refractivity contribution in [3.63, 3.8) is 0 Å². The highest BCUT2D eigenvalue weighted by Gasteiger charge is 2.12. The molecule has 0 bridgehead atoms. The summed E-state index contributed by atoms with van der Waals surface area (Å²) >= 11 is 11.8. The fourth-order valence-electron chi connectivity index (χ4n) is 2.26. The van der Waals surface area contributed by atoms with Crippen LogP contribution in [0.25, 0.3) is 0 Å². The molecule has 0 aromatic heterocycles. The lowest BCUT2D eigenvalue weighted by molar-refractivity contribution is -0.147. The molecule has 0 unspecified atom stereocenters. The van der Waals surface area contributed by atoms with Crippen LogP contribution in [0.15, 0.2) is 36.4 Å². The van der Waals surface area contributed by atoms with Gasteiger partial charge >= 0.3 is 5.97 Å². The standard InChI is InChI=1S/C19H19Cl2NO5/c1-25-16-6-3-12(7-17(16)26-2)10-22-18(23)11-27-19(24)8-13-4-5-14(20)9-15(13)21/h3-7,9H,8,10-11H2,1-2H3,(H,22,23). The van der Waals surface area contributed by atoms with Crippen molar-refractivity contribution < 1.29 is 23.8 Å². The van der Waals surface area contributed by atoms with Crippen LogP contribution in [0.2, 0.25) is 10.0 Å². The van der Waals surface area contributed by atoms with Crippen LogP contribution in [0.3, 0.4) is 0 Å². The highest BCUT2D eigenvalue weighted by molar-refractivity contribution is 6.35. The maximum Gasteiger partial charge on any atom is 0.310 e. The molecule has 6 nitrogen and oxygen atoms in total. The molecule has 27 heavy (non-hydrogen) atoms. The Bertz CT molecular complexity index is 826. The van der Waals surface area contributed by atoms with Crippen molar-refractivity contribution in [2.75, 3.05) is 20.8 Å². The molecule has 0 aliphatic rings. The predicted molar refractivity (Wildman–Crippen MR) is 103 cm³/mol. The van der Waals surface area contributed by atoms with Gasteiger partial charge in [-0.15, -0.1) is 0 Å². The summed E-state index contributed by atoms with van der Waals surface area (Å²) in [4.78, 5) is 23.7. The first kappa shape index (κ1) is 20.9. The summed E-state index contributed by atoms with van der Waals surface area (Å²) in [6.45, 7) is -0.114. The normalized spacial score (nSPS) is 10.2. The van der Waals surface area contributed by atoms with E-state index in [1.165, 1.54) is 7.11 Å². The Labute approximate surface area is 167 Å². The van der Waals surface area contributed by atoms with Crippen LogP contribution in [0, 0.1) is 0 Å². The Hall–Kier alpha value is -2.44. The number of halogens is 2. The Kier molecular flexibility index (Phi) is 7.76. The van der Waals surface area contributed by atoms with E-state index in [4.69, 9.17) is 37.4 Å². The summed E-state index contributed by atoms with van der Waals surface area (Å²) < 4.78 is 15.3. The van der Waals surface area contributed by atoms with Gasteiger partial charge in [-0.3, -0.25) is 9.59 Å². The van der Waals surface area contributed by atoms with E-state index in [0.29, 0.717) is 27.1 Å². The van der Waals surface area contributed by atoms with Gasteiger partial charge in [0, 0.05) is 16.6 Å². The van der Waals surface area contributed by atoms with Gasteiger partial charge in [-0.05, 0) is 35.4 Å². The zero-order chi connectivity index (χ0) is 19.8. The molecule has 0 spiro atoms. The molecule has 0 atom stereocenters. The number of methoxy groups -OCH3 is 2. The van der Waals surface area contributed by atoms with E-state index < -0.39 is 11.9 Å². The summed E-state index contributed by atoms with van der Waals surface area (Å²) in [5.41, 5.74) is 1.40. The van der Waals surface area contributed by atoms with Crippen molar-refractivity contribution in [3.05, 3.63) is 57.6 Å². The van der Waals surface area contributed by atoms with E-state index in [9.17, 15) is 9.59 Å². The lowest BCUT2D eigenvalue weighted by atomic mass is 10.1. The summed E-state index contributed by atoms with van der Waals surface area (Å²) in [5.74, 6) is 0.193. The lowest BCUT2D eigenvalue weighted by Gasteiger charge is -2.11. The molecule has 2 aromatic carbocycles. The second kappa shape index (κ2) is 10.0. The van der Waals surface area contributed by atoms with Crippen molar-refractivity contribution in [1.29, 1.82) is 0 Å². The van der Waals surface area contributed by atoms with Gasteiger partial charge in [0.05, 0.1) is 20.6 Å². The number of amides is 1. The first-order chi connectivity index (χ1) is 12.9. The van der Waals surface area contributed by atoms with Gasteiger partial charge in [0.1, 0.15) is 0 Å². The molecule has 0 fully saturated rings. The molecule has 2 aromatic rings. The SMILES string of the molecule is COc1ccc(CNC(=O)COC(=O)Cc2ccc(Cl)cc2Cl)cc1OC. The van der Waals surface area contributed by atoms with E-state index in [2.05, 4.69) is 5.32 Å². The monoisotopic (exact) mass is 411 g/mol. The van der Waals surface area contributed by atoms with Crippen LogP contribution < -0.4 is 14.8 Å². The molecular weight excluding hydrogens is 393 g/mol. The van der Waals surface area contributed by atoms with E-state index >= 15 is 0 Å². The average molecular weight is 412 g/mol. The third kappa shape index (κ3) is 6.34. The number of nitrogens with one attached hydrogen (secondary N) is 1. The second-order valence-electron chi connectivity index (χ2n) is 5.54. The highest BCUT2D eigenvalue weighted by Crippen LogP contribution is 2.27. The summed E-state index contributed by atoms with van der Waals surface area (Å²) in [6.07, 6.45) is -0.0427. The van der Waals surface area contributed by atoms with Crippen LogP contribution in [0.5, 0.6) is 11.5 Å². The number of hydrogen-bond acceptors (Lipinski definition) is 5. The van der Waals surface area contributed by atoms with Crippen molar-refractivity contribution >= 4 is 35.1 Å². The van der Waals surface area contributed by atoms with Crippen molar-refractivity contribution in [1.82, 2.24) is 5.32 Å². The van der Waals surface area contributed by atoms with Gasteiger partial charge < -0.3 is 19.5 Å². The van der Waals surface area contributed by atoms with Crippen LogP contribution in [0.4, 0.5) is 0 Å². The Balaban J connectivity index is 1.79. The lowest BCUT2D eigenvalue weighted by Crippen LogP contribution is -2.28. The van der Waals surface area contributed by atoms with Crippen LogP contribution in [-0.2, 0) is 27.3 Å². The number of carbonyl (C=O) groups excluding carboxylic acids is 2. The van der Waals surface area contributed by atoms with Crippen molar-refractivity contribution in [2.45, 2.75) is 13.0 Å². The zero-order valence-electron chi connectivity index (χ0n) is 14.9. The first-order valence-corrected chi connectivity index (χ1v) is 8.75. The number of benzene rings is 2. The van der Waals surface area contributed by atoms with Gasteiger partial charge in [-0.1, -0.05) is 35.3 Å². The minimum atomic E-state index is -0.555. The predicted octanol–water partition coefficient (Wildman–Crippen LogP) is 3.41. The Morgan fingerprint density at radius 1 is 1.00 bits per heavy atom. The summed E-state index contributed by atoms with van der Waals surface area (Å²) in [5, 5.41) is 3.52. The number of carbonyl (C=O) groups is 2. The minimum Gasteiger partial charge on any atom is -0.493 e. The van der Waals surface area contributed by atoms with Gasteiger partial charge in [0.15, 0.2) is 18.1 Å². The van der Waals surface area contributed by atoms with Gasteiger partial charge in [-0.25, -0.2) is 0 Å². The third-order valence-electron chi connectivity index (χ3n) is 3.65. The quantitative estimate of drug-likeness (QED) is 0.673. The zero-order valence-corrected chi connectivity index (χ0v) is 16.4. The molecule has 0 aliphatic carbocycles. The molecule has 1 N–H and O–H groups in total. The maximum atomic E-state index is 11.9. The fourth-order valence-corrected chi connectivity index (χ4v) is 2.74. The highest BCUT2D eigenvalue weighted by atomic mass is 35.5. The van der Waals surface area contributed by atoms with E-state index in [1.807, 2.05) is 0 Å². The van der Waals surface area contributed by atoms with Gasteiger partial charge in [0.25, 0.3) is 5.91 Å². The molecule has 2 rings (SSSR count). The molecule has 0 heterocycles. The number of ether oxygens (including phenoxy) is 3. The smallest absolute Gasteiger partial charge is 0.310 e. The Morgan fingerprint density at radius 2 is 1.74 bits per heavy atom. The van der Waals surface area contributed by atoms with E-state index in [1.54, 1.807) is 43.5 Å². The second-order valence-corrected chi connectivity index (χ2v) is 6.38. The molecular formula is C19H19Cl2NO5. The van der Waals surface area contributed by atoms with Crippen LogP contribution in [-0.4, -0.2) is 32.7 Å². The number of esters is 1. The minimum absolute atomic E-state index is 0.0427. The topological polar surface area (TPSA) is 73.9 Å². The van der Waals surface area contributed by atoms with Crippen LogP contribution >= 0.6 is 23.2 Å². The van der Waals surface area contributed by atoms with E-state index in [0.717, 1.165) is 5.56 Å². The summed E-state index contributed by atoms with van der Waals surface area (Å²) in [7, 11) is 3.08. The molecule has 0 saturated carbocycles. The molecule has 0 radical (unpaired) electrons. The molecule has 0 aliphatic heterocycles. The molecule has 1 amide bonds. The van der Waals surface area contributed by atoms with Gasteiger partial charge in [0.2, 0.25) is 0 Å². The fraction of sp³-hybridized carbons (Fsp3) is 0.263. The van der Waals surface area contributed by atoms with Crippen molar-refractivity contribution in [3.8, 4) is 11.5 Å². The Morgan fingerprint density at radius 3 is 2.41 bits per heavy atom. The average Bonchev–Trinajstić information content (AvgIpc) is 2.66. The molecule has 0 saturated heterocycles. The number of hydrogen-bond donors (Lipinski definition) is 1. The molecule has 8 heteroatoms. The third-order valence-corrected chi connectivity index (χ3v) is 4.24. The summed E-state index contributed by atoms with van der Waals surface area (Å²) in [6, 6.07) is 10.1.